The van der Waals surface area contributed by atoms with Gasteiger partial charge in [-0.05, 0) is 48.6 Å². The van der Waals surface area contributed by atoms with Crippen LogP contribution in [0.25, 0.3) is 0 Å². The number of rotatable bonds is 8. The molecule has 0 saturated heterocycles. The first-order valence-electron chi connectivity index (χ1n) is 9.04. The summed E-state index contributed by atoms with van der Waals surface area (Å²) in [6, 6.07) is 9.42. The summed E-state index contributed by atoms with van der Waals surface area (Å²) in [7, 11) is 0. The highest BCUT2D eigenvalue weighted by Gasteiger charge is 2.19. The molecule has 0 heterocycles. The van der Waals surface area contributed by atoms with Gasteiger partial charge in [-0.1, -0.05) is 44.5 Å². The average molecular weight is 391 g/mol. The van der Waals surface area contributed by atoms with Crippen LogP contribution in [0, 0.1) is 6.92 Å². The van der Waals surface area contributed by atoms with E-state index >= 15 is 0 Å². The van der Waals surface area contributed by atoms with Gasteiger partial charge in [0.05, 0.1) is 11.6 Å². The smallest absolute Gasteiger partial charge is 0.179 e. The molecule has 0 fully saturated rings. The molecule has 2 rings (SSSR count). The number of aldehydes is 1. The Morgan fingerprint density at radius 2 is 1.70 bits per heavy atom. The molecule has 0 aliphatic rings. The lowest BCUT2D eigenvalue weighted by Gasteiger charge is -2.23. The molecule has 0 amide bonds. The molecule has 4 nitrogen and oxygen atoms in total. The summed E-state index contributed by atoms with van der Waals surface area (Å²) in [5.74, 6) is 1.74. The van der Waals surface area contributed by atoms with E-state index in [0.29, 0.717) is 41.9 Å². The summed E-state index contributed by atoms with van der Waals surface area (Å²) in [4.78, 5) is 11.0. The third-order valence-electron chi connectivity index (χ3n) is 4.00. The SMILES string of the molecule is CCOc1cc(C=O)cc(Cl)c1OCCOc1cc(C)ccc1C(C)(C)C. The van der Waals surface area contributed by atoms with Gasteiger partial charge >= 0.3 is 0 Å². The van der Waals surface area contributed by atoms with Crippen molar-refractivity contribution in [1.29, 1.82) is 0 Å². The highest BCUT2D eigenvalue weighted by Crippen LogP contribution is 2.36. The largest absolute Gasteiger partial charge is 0.490 e. The molecule has 0 atom stereocenters. The summed E-state index contributed by atoms with van der Waals surface area (Å²) in [5, 5.41) is 0.342. The fourth-order valence-corrected chi connectivity index (χ4v) is 3.00. The van der Waals surface area contributed by atoms with E-state index in [-0.39, 0.29) is 5.41 Å². The molecule has 27 heavy (non-hydrogen) atoms. The molecule has 5 heteroatoms. The lowest BCUT2D eigenvalue weighted by atomic mass is 9.86. The zero-order chi connectivity index (χ0) is 20.0. The van der Waals surface area contributed by atoms with Crippen LogP contribution in [0.15, 0.2) is 30.3 Å². The van der Waals surface area contributed by atoms with Gasteiger partial charge < -0.3 is 14.2 Å². The maximum atomic E-state index is 11.0. The van der Waals surface area contributed by atoms with Crippen LogP contribution in [0.4, 0.5) is 0 Å². The van der Waals surface area contributed by atoms with Gasteiger partial charge in [0, 0.05) is 5.56 Å². The Bertz CT molecular complexity index is 794. The quantitative estimate of drug-likeness (QED) is 0.433. The van der Waals surface area contributed by atoms with E-state index in [1.807, 2.05) is 19.9 Å². The first-order valence-corrected chi connectivity index (χ1v) is 9.42. The van der Waals surface area contributed by atoms with E-state index in [4.69, 9.17) is 25.8 Å². The summed E-state index contributed by atoms with van der Waals surface area (Å²) >= 11 is 6.25. The minimum atomic E-state index is -0.0139. The van der Waals surface area contributed by atoms with Crippen LogP contribution in [0.5, 0.6) is 17.2 Å². The highest BCUT2D eigenvalue weighted by atomic mass is 35.5. The number of ether oxygens (including phenoxy) is 3. The van der Waals surface area contributed by atoms with Gasteiger partial charge in [-0.3, -0.25) is 4.79 Å². The van der Waals surface area contributed by atoms with Crippen molar-refractivity contribution in [3.05, 3.63) is 52.0 Å². The van der Waals surface area contributed by atoms with Crippen molar-refractivity contribution in [2.45, 2.75) is 40.0 Å². The number of benzene rings is 2. The number of carbonyl (C=O) groups is 1. The fraction of sp³-hybridized carbons (Fsp3) is 0.409. The first kappa shape index (κ1) is 21.1. The molecule has 0 aromatic heterocycles. The van der Waals surface area contributed by atoms with Crippen molar-refractivity contribution in [2.24, 2.45) is 0 Å². The van der Waals surface area contributed by atoms with Crippen LogP contribution in [-0.4, -0.2) is 26.1 Å². The van der Waals surface area contributed by atoms with Crippen molar-refractivity contribution in [1.82, 2.24) is 0 Å². The molecule has 0 saturated carbocycles. The number of halogens is 1. The molecule has 0 spiro atoms. The van der Waals surface area contributed by atoms with Crippen molar-refractivity contribution < 1.29 is 19.0 Å². The van der Waals surface area contributed by atoms with E-state index in [9.17, 15) is 4.79 Å². The lowest BCUT2D eigenvalue weighted by Crippen LogP contribution is -2.16. The van der Waals surface area contributed by atoms with Crippen LogP contribution < -0.4 is 14.2 Å². The highest BCUT2D eigenvalue weighted by molar-refractivity contribution is 6.32. The molecule has 146 valence electrons. The Morgan fingerprint density at radius 3 is 2.33 bits per heavy atom. The monoisotopic (exact) mass is 390 g/mol. The molecule has 2 aromatic carbocycles. The summed E-state index contributed by atoms with van der Waals surface area (Å²) in [5.41, 5.74) is 2.73. The minimum absolute atomic E-state index is 0.0139. The summed E-state index contributed by atoms with van der Waals surface area (Å²) in [6.45, 7) is 11.5. The number of aryl methyl sites for hydroxylation is 1. The van der Waals surface area contributed by atoms with Crippen LogP contribution in [0.3, 0.4) is 0 Å². The zero-order valence-corrected chi connectivity index (χ0v) is 17.4. The number of hydrogen-bond donors (Lipinski definition) is 0. The standard InChI is InChI=1S/C22H27ClO4/c1-6-25-20-13-16(14-24)12-18(23)21(20)27-10-9-26-19-11-15(2)7-8-17(19)22(3,4)5/h7-8,11-14H,6,9-10H2,1-5H3. The predicted octanol–water partition coefficient (Wildman–Crippen LogP) is 5.61. The molecule has 2 aromatic rings. The van der Waals surface area contributed by atoms with Crippen molar-refractivity contribution in [2.75, 3.05) is 19.8 Å². The topological polar surface area (TPSA) is 44.8 Å². The third-order valence-corrected chi connectivity index (χ3v) is 4.28. The van der Waals surface area contributed by atoms with Crippen LogP contribution >= 0.6 is 11.6 Å². The van der Waals surface area contributed by atoms with Gasteiger partial charge in [-0.2, -0.15) is 0 Å². The Hall–Kier alpha value is -2.20. The van der Waals surface area contributed by atoms with Gasteiger partial charge in [-0.25, -0.2) is 0 Å². The van der Waals surface area contributed by atoms with E-state index in [1.54, 1.807) is 12.1 Å². The average Bonchev–Trinajstić information content (AvgIpc) is 2.59. The second-order valence-electron chi connectivity index (χ2n) is 7.33. The molecule has 0 aliphatic carbocycles. The first-order chi connectivity index (χ1) is 12.8. The van der Waals surface area contributed by atoms with Crippen LogP contribution in [0.1, 0.15) is 49.2 Å². The van der Waals surface area contributed by atoms with E-state index in [2.05, 4.69) is 32.9 Å². The molecule has 0 aliphatic heterocycles. The predicted molar refractivity (Wildman–Crippen MR) is 109 cm³/mol. The number of carbonyl (C=O) groups excluding carboxylic acids is 1. The molecule has 0 bridgehead atoms. The van der Waals surface area contributed by atoms with Gasteiger partial charge in [0.25, 0.3) is 0 Å². The Morgan fingerprint density at radius 1 is 1.00 bits per heavy atom. The zero-order valence-electron chi connectivity index (χ0n) is 16.6. The molecule has 0 radical (unpaired) electrons. The van der Waals surface area contributed by atoms with Gasteiger partial charge in [-0.15, -0.1) is 0 Å². The van der Waals surface area contributed by atoms with Gasteiger partial charge in [0.2, 0.25) is 0 Å². The van der Waals surface area contributed by atoms with Crippen molar-refractivity contribution >= 4 is 17.9 Å². The second kappa shape index (κ2) is 9.14. The number of hydrogen-bond acceptors (Lipinski definition) is 4. The van der Waals surface area contributed by atoms with E-state index in [1.165, 1.54) is 0 Å². The van der Waals surface area contributed by atoms with Crippen molar-refractivity contribution in [3.8, 4) is 17.2 Å². The summed E-state index contributed by atoms with van der Waals surface area (Å²) in [6.07, 6.45) is 0.729. The summed E-state index contributed by atoms with van der Waals surface area (Å²) < 4.78 is 17.3. The maximum absolute atomic E-state index is 11.0. The molecule has 0 N–H and O–H groups in total. The Kier molecular flexibility index (Phi) is 7.14. The molecule has 0 unspecified atom stereocenters. The van der Waals surface area contributed by atoms with E-state index < -0.39 is 0 Å². The normalized spacial score (nSPS) is 11.2. The minimum Gasteiger partial charge on any atom is -0.490 e. The Labute approximate surface area is 166 Å². The Balaban J connectivity index is 2.08. The second-order valence-corrected chi connectivity index (χ2v) is 7.73. The van der Waals surface area contributed by atoms with Crippen LogP contribution in [-0.2, 0) is 5.41 Å². The fourth-order valence-electron chi connectivity index (χ4n) is 2.72. The molecular weight excluding hydrogens is 364 g/mol. The van der Waals surface area contributed by atoms with Gasteiger partial charge in [0.1, 0.15) is 25.2 Å². The lowest BCUT2D eigenvalue weighted by molar-refractivity contribution is 0.112. The van der Waals surface area contributed by atoms with Crippen LogP contribution in [0.2, 0.25) is 5.02 Å². The van der Waals surface area contributed by atoms with Gasteiger partial charge in [0.15, 0.2) is 11.5 Å². The van der Waals surface area contributed by atoms with E-state index in [0.717, 1.165) is 23.2 Å². The third kappa shape index (κ3) is 5.64. The maximum Gasteiger partial charge on any atom is 0.179 e. The van der Waals surface area contributed by atoms with Crippen molar-refractivity contribution in [3.63, 3.8) is 0 Å². The molecular formula is C22H27ClO4.